The summed E-state index contributed by atoms with van der Waals surface area (Å²) in [7, 11) is 0. The van der Waals surface area contributed by atoms with E-state index in [1.54, 1.807) is 0 Å². The van der Waals surface area contributed by atoms with Crippen LogP contribution < -0.4 is 0 Å². The number of fused-ring (bicyclic) bond motifs is 1. The summed E-state index contributed by atoms with van der Waals surface area (Å²) in [6, 6.07) is 14.7. The largest absolute Gasteiger partial charge is 0.295 e. The van der Waals surface area contributed by atoms with Crippen molar-refractivity contribution < 1.29 is 0 Å². The molecule has 0 saturated heterocycles. The Hall–Kier alpha value is -1.74. The zero-order valence-electron chi connectivity index (χ0n) is 10.2. The summed E-state index contributed by atoms with van der Waals surface area (Å²) >= 11 is 1.82. The second-order valence-corrected chi connectivity index (χ2v) is 5.30. The molecular formula is C15H14N2S. The van der Waals surface area contributed by atoms with Crippen LogP contribution >= 0.6 is 11.8 Å². The Balaban J connectivity index is 1.83. The van der Waals surface area contributed by atoms with E-state index in [1.165, 1.54) is 16.2 Å². The van der Waals surface area contributed by atoms with Crippen LogP contribution in [0.1, 0.15) is 11.1 Å². The maximum atomic E-state index is 4.43. The molecule has 0 bridgehead atoms. The van der Waals surface area contributed by atoms with Gasteiger partial charge in [-0.2, -0.15) is 0 Å². The van der Waals surface area contributed by atoms with Gasteiger partial charge in [-0.05, 0) is 30.2 Å². The minimum Gasteiger partial charge on any atom is -0.295 e. The standard InChI is InChI=1S/C15H14N2S/c1-12-7-8-17-14(9-12)16-10-15(17)18-11-13-5-3-2-4-6-13/h2-10H,11H2,1H3. The van der Waals surface area contributed by atoms with Crippen molar-refractivity contribution in [2.24, 2.45) is 0 Å². The summed E-state index contributed by atoms with van der Waals surface area (Å²) in [4.78, 5) is 4.43. The van der Waals surface area contributed by atoms with Gasteiger partial charge in [0.15, 0.2) is 0 Å². The summed E-state index contributed by atoms with van der Waals surface area (Å²) in [5.41, 5.74) is 3.60. The van der Waals surface area contributed by atoms with Crippen molar-refractivity contribution in [2.45, 2.75) is 17.7 Å². The van der Waals surface area contributed by atoms with E-state index in [0.29, 0.717) is 0 Å². The summed E-state index contributed by atoms with van der Waals surface area (Å²) in [6.45, 7) is 2.09. The Bertz CT molecular complexity index is 659. The van der Waals surface area contributed by atoms with Crippen molar-refractivity contribution in [1.29, 1.82) is 0 Å². The maximum absolute atomic E-state index is 4.43. The average molecular weight is 254 g/mol. The molecule has 0 fully saturated rings. The van der Waals surface area contributed by atoms with Crippen molar-refractivity contribution in [2.75, 3.05) is 0 Å². The predicted molar refractivity (Wildman–Crippen MR) is 75.9 cm³/mol. The van der Waals surface area contributed by atoms with Crippen LogP contribution in [0.25, 0.3) is 5.65 Å². The predicted octanol–water partition coefficient (Wildman–Crippen LogP) is 3.94. The van der Waals surface area contributed by atoms with Crippen LogP contribution in [0, 0.1) is 6.92 Å². The highest BCUT2D eigenvalue weighted by Crippen LogP contribution is 2.23. The van der Waals surface area contributed by atoms with Crippen LogP contribution in [0.3, 0.4) is 0 Å². The van der Waals surface area contributed by atoms with E-state index in [4.69, 9.17) is 0 Å². The van der Waals surface area contributed by atoms with Crippen LogP contribution in [0.15, 0.2) is 59.9 Å². The maximum Gasteiger partial charge on any atom is 0.137 e. The molecule has 3 rings (SSSR count). The molecule has 1 aromatic carbocycles. The third-order valence-electron chi connectivity index (χ3n) is 2.86. The van der Waals surface area contributed by atoms with Crippen molar-refractivity contribution in [3.63, 3.8) is 0 Å². The smallest absolute Gasteiger partial charge is 0.137 e. The molecule has 0 saturated carbocycles. The molecule has 2 nitrogen and oxygen atoms in total. The Morgan fingerprint density at radius 1 is 1.17 bits per heavy atom. The van der Waals surface area contributed by atoms with Crippen LogP contribution in [0.2, 0.25) is 0 Å². The van der Waals surface area contributed by atoms with Gasteiger partial charge in [0.05, 0.1) is 11.2 Å². The van der Waals surface area contributed by atoms with Gasteiger partial charge in [-0.25, -0.2) is 4.98 Å². The molecule has 90 valence electrons. The van der Waals surface area contributed by atoms with Crippen LogP contribution in [0.5, 0.6) is 0 Å². The first-order valence-corrected chi connectivity index (χ1v) is 6.92. The monoisotopic (exact) mass is 254 g/mol. The first-order valence-electron chi connectivity index (χ1n) is 5.93. The van der Waals surface area contributed by atoms with Gasteiger partial charge in [0, 0.05) is 11.9 Å². The van der Waals surface area contributed by atoms with Crippen molar-refractivity contribution >= 4 is 17.4 Å². The van der Waals surface area contributed by atoms with Crippen molar-refractivity contribution in [3.05, 3.63) is 66.0 Å². The number of imidazole rings is 1. The summed E-state index contributed by atoms with van der Waals surface area (Å²) in [5.74, 6) is 0.975. The molecule has 18 heavy (non-hydrogen) atoms. The van der Waals surface area contributed by atoms with E-state index < -0.39 is 0 Å². The number of aromatic nitrogens is 2. The molecule has 0 aliphatic rings. The van der Waals surface area contributed by atoms with Crippen molar-refractivity contribution in [3.8, 4) is 0 Å². The normalized spacial score (nSPS) is 10.9. The molecule has 0 amide bonds. The molecular weight excluding hydrogens is 240 g/mol. The highest BCUT2D eigenvalue weighted by atomic mass is 32.2. The van der Waals surface area contributed by atoms with Crippen LogP contribution in [-0.2, 0) is 5.75 Å². The van der Waals surface area contributed by atoms with Crippen molar-refractivity contribution in [1.82, 2.24) is 9.38 Å². The number of benzene rings is 1. The highest BCUT2D eigenvalue weighted by molar-refractivity contribution is 7.98. The van der Waals surface area contributed by atoms with Gasteiger partial charge in [0.25, 0.3) is 0 Å². The number of thioether (sulfide) groups is 1. The first-order chi connectivity index (χ1) is 8.83. The quantitative estimate of drug-likeness (QED) is 0.659. The fraction of sp³-hybridized carbons (Fsp3) is 0.133. The van der Waals surface area contributed by atoms with E-state index in [-0.39, 0.29) is 0 Å². The number of pyridine rings is 1. The van der Waals surface area contributed by atoms with Crippen LogP contribution in [-0.4, -0.2) is 9.38 Å². The lowest BCUT2D eigenvalue weighted by atomic mass is 10.2. The molecule has 3 aromatic rings. The number of hydrogen-bond donors (Lipinski definition) is 0. The molecule has 0 aliphatic carbocycles. The van der Waals surface area contributed by atoms with E-state index in [1.807, 2.05) is 24.0 Å². The molecule has 2 heterocycles. The van der Waals surface area contributed by atoms with Gasteiger partial charge in [-0.1, -0.05) is 30.3 Å². The van der Waals surface area contributed by atoms with E-state index in [0.717, 1.165) is 11.4 Å². The second kappa shape index (κ2) is 4.86. The number of rotatable bonds is 3. The zero-order chi connectivity index (χ0) is 12.4. The third-order valence-corrected chi connectivity index (χ3v) is 3.94. The van der Waals surface area contributed by atoms with Gasteiger partial charge in [-0.3, -0.25) is 4.40 Å². The Labute approximate surface area is 111 Å². The van der Waals surface area contributed by atoms with Gasteiger partial charge in [-0.15, -0.1) is 11.8 Å². The molecule has 0 spiro atoms. The highest BCUT2D eigenvalue weighted by Gasteiger charge is 2.03. The lowest BCUT2D eigenvalue weighted by Crippen LogP contribution is -1.87. The zero-order valence-corrected chi connectivity index (χ0v) is 11.0. The summed E-state index contributed by atoms with van der Waals surface area (Å²) < 4.78 is 2.14. The Kier molecular flexibility index (Phi) is 3.07. The molecule has 0 atom stereocenters. The molecule has 2 aromatic heterocycles. The average Bonchev–Trinajstić information content (AvgIpc) is 2.80. The fourth-order valence-electron chi connectivity index (χ4n) is 1.90. The number of aryl methyl sites for hydroxylation is 1. The number of nitrogens with zero attached hydrogens (tertiary/aromatic N) is 2. The SMILES string of the molecule is Cc1ccn2c(SCc3ccccc3)cnc2c1. The van der Waals surface area contributed by atoms with Gasteiger partial charge in [0.2, 0.25) is 0 Å². The Morgan fingerprint density at radius 3 is 2.83 bits per heavy atom. The molecule has 0 unspecified atom stereocenters. The van der Waals surface area contributed by atoms with E-state index >= 15 is 0 Å². The summed E-state index contributed by atoms with van der Waals surface area (Å²) in [5, 5.41) is 1.19. The lowest BCUT2D eigenvalue weighted by molar-refractivity contribution is 1.04. The third kappa shape index (κ3) is 2.27. The van der Waals surface area contributed by atoms with Gasteiger partial charge >= 0.3 is 0 Å². The summed E-state index contributed by atoms with van der Waals surface area (Å²) in [6.07, 6.45) is 4.04. The molecule has 0 radical (unpaired) electrons. The van der Waals surface area contributed by atoms with Gasteiger partial charge in [0.1, 0.15) is 5.65 Å². The fourth-order valence-corrected chi connectivity index (χ4v) is 2.83. The molecule has 0 N–H and O–H groups in total. The topological polar surface area (TPSA) is 17.3 Å². The van der Waals surface area contributed by atoms with Gasteiger partial charge < -0.3 is 0 Å². The second-order valence-electron chi connectivity index (χ2n) is 4.30. The van der Waals surface area contributed by atoms with E-state index in [2.05, 4.69) is 58.9 Å². The Morgan fingerprint density at radius 2 is 2.00 bits per heavy atom. The van der Waals surface area contributed by atoms with Crippen LogP contribution in [0.4, 0.5) is 0 Å². The number of hydrogen-bond acceptors (Lipinski definition) is 2. The minimum atomic E-state index is 0.975. The molecule has 0 aliphatic heterocycles. The minimum absolute atomic E-state index is 0.975. The lowest BCUT2D eigenvalue weighted by Gasteiger charge is -2.02. The molecule has 3 heteroatoms. The van der Waals surface area contributed by atoms with E-state index in [9.17, 15) is 0 Å². The first kappa shape index (κ1) is 11.4.